The lowest BCUT2D eigenvalue weighted by molar-refractivity contribution is -0.130. The fraction of sp³-hybridized carbons (Fsp3) is 0.190. The van der Waals surface area contributed by atoms with Crippen LogP contribution in [0.2, 0.25) is 5.02 Å². The summed E-state index contributed by atoms with van der Waals surface area (Å²) in [6.45, 7) is 0.406. The zero-order valence-electron chi connectivity index (χ0n) is 14.9. The van der Waals surface area contributed by atoms with Gasteiger partial charge in [0.25, 0.3) is 0 Å². The van der Waals surface area contributed by atoms with E-state index in [1.165, 1.54) is 6.33 Å². The summed E-state index contributed by atoms with van der Waals surface area (Å²) in [5.74, 6) is -0.0700. The van der Waals surface area contributed by atoms with Gasteiger partial charge in [-0.15, -0.1) is 0 Å². The Morgan fingerprint density at radius 3 is 2.56 bits per heavy atom. The first-order valence-electron chi connectivity index (χ1n) is 8.56. The number of carbonyl (C=O) groups excluding carboxylic acids is 1. The number of amides is 1. The summed E-state index contributed by atoms with van der Waals surface area (Å²) in [6, 6.07) is 16.2. The molecule has 1 unspecified atom stereocenters. The predicted octanol–water partition coefficient (Wildman–Crippen LogP) is 4.02. The van der Waals surface area contributed by atoms with Crippen LogP contribution in [0.1, 0.15) is 29.2 Å². The molecule has 0 aliphatic carbocycles. The molecule has 0 saturated heterocycles. The van der Waals surface area contributed by atoms with Crippen LogP contribution in [0.15, 0.2) is 67.1 Å². The first-order valence-corrected chi connectivity index (χ1v) is 8.94. The SMILES string of the molecule is CN(Cc1ccncn1)C(=O)CC(c1cccc(O)c1)c1cccc(Cl)c1. The monoisotopic (exact) mass is 381 g/mol. The van der Waals surface area contributed by atoms with Gasteiger partial charge in [0.05, 0.1) is 12.2 Å². The number of phenolic OH excluding ortho intramolecular Hbond substituents is 1. The molecule has 138 valence electrons. The van der Waals surface area contributed by atoms with Crippen LogP contribution in [0, 0.1) is 0 Å². The second-order valence-corrected chi connectivity index (χ2v) is 6.79. The Hall–Kier alpha value is -2.92. The number of phenols is 1. The predicted molar refractivity (Wildman–Crippen MR) is 105 cm³/mol. The summed E-state index contributed by atoms with van der Waals surface area (Å²) < 4.78 is 0. The van der Waals surface area contributed by atoms with E-state index in [1.54, 1.807) is 48.5 Å². The zero-order valence-corrected chi connectivity index (χ0v) is 15.7. The molecule has 1 atom stereocenters. The van der Waals surface area contributed by atoms with Crippen molar-refractivity contribution in [1.82, 2.24) is 14.9 Å². The molecule has 0 bridgehead atoms. The largest absolute Gasteiger partial charge is 0.508 e. The fourth-order valence-corrected chi connectivity index (χ4v) is 3.17. The van der Waals surface area contributed by atoms with Crippen molar-refractivity contribution in [3.8, 4) is 5.75 Å². The molecule has 3 aromatic rings. The number of benzene rings is 2. The standard InChI is InChI=1S/C21H20ClN3O2/c1-25(13-18-8-9-23-14-24-18)21(27)12-20(15-4-2-6-17(22)10-15)16-5-3-7-19(26)11-16/h2-11,14,20,26H,12-13H2,1H3. The van der Waals surface area contributed by atoms with Crippen LogP contribution < -0.4 is 0 Å². The smallest absolute Gasteiger partial charge is 0.223 e. The van der Waals surface area contributed by atoms with E-state index in [9.17, 15) is 9.90 Å². The third kappa shape index (κ3) is 5.05. The van der Waals surface area contributed by atoms with Crippen molar-refractivity contribution >= 4 is 17.5 Å². The Balaban J connectivity index is 1.83. The van der Waals surface area contributed by atoms with Crippen molar-refractivity contribution in [2.24, 2.45) is 0 Å². The number of halogens is 1. The molecule has 1 N–H and O–H groups in total. The number of hydrogen-bond donors (Lipinski definition) is 1. The van der Waals surface area contributed by atoms with Gasteiger partial charge >= 0.3 is 0 Å². The first kappa shape index (κ1) is 18.9. The normalized spacial score (nSPS) is 11.8. The molecule has 1 heterocycles. The van der Waals surface area contributed by atoms with E-state index in [0.29, 0.717) is 11.6 Å². The molecule has 2 aromatic carbocycles. The Labute approximate surface area is 163 Å². The van der Waals surface area contributed by atoms with Crippen molar-refractivity contribution in [3.63, 3.8) is 0 Å². The minimum absolute atomic E-state index is 0.0260. The van der Waals surface area contributed by atoms with E-state index in [0.717, 1.165) is 16.8 Å². The van der Waals surface area contributed by atoms with Crippen LogP contribution >= 0.6 is 11.6 Å². The van der Waals surface area contributed by atoms with Gasteiger partial charge in [0.15, 0.2) is 0 Å². The minimum atomic E-state index is -0.212. The molecule has 5 nitrogen and oxygen atoms in total. The number of carbonyl (C=O) groups is 1. The Morgan fingerprint density at radius 1 is 1.15 bits per heavy atom. The lowest BCUT2D eigenvalue weighted by Crippen LogP contribution is -2.28. The van der Waals surface area contributed by atoms with Crippen molar-refractivity contribution in [1.29, 1.82) is 0 Å². The number of aromatic hydroxyl groups is 1. The second kappa shape index (κ2) is 8.64. The van der Waals surface area contributed by atoms with Crippen LogP contribution in [0.5, 0.6) is 5.75 Å². The highest BCUT2D eigenvalue weighted by Gasteiger charge is 2.21. The second-order valence-electron chi connectivity index (χ2n) is 6.36. The van der Waals surface area contributed by atoms with E-state index in [-0.39, 0.29) is 24.0 Å². The lowest BCUT2D eigenvalue weighted by atomic mass is 9.88. The van der Waals surface area contributed by atoms with Crippen molar-refractivity contribution < 1.29 is 9.90 Å². The van der Waals surface area contributed by atoms with E-state index in [2.05, 4.69) is 9.97 Å². The van der Waals surface area contributed by atoms with Gasteiger partial charge in [0, 0.05) is 30.6 Å². The fourth-order valence-electron chi connectivity index (χ4n) is 2.97. The van der Waals surface area contributed by atoms with Gasteiger partial charge in [0.1, 0.15) is 12.1 Å². The van der Waals surface area contributed by atoms with Gasteiger partial charge < -0.3 is 10.0 Å². The summed E-state index contributed by atoms with van der Waals surface area (Å²) in [5.41, 5.74) is 2.57. The van der Waals surface area contributed by atoms with Crippen LogP contribution in [-0.2, 0) is 11.3 Å². The van der Waals surface area contributed by atoms with Crippen LogP contribution in [0.3, 0.4) is 0 Å². The van der Waals surface area contributed by atoms with E-state index in [1.807, 2.05) is 24.3 Å². The molecule has 3 rings (SSSR count). The maximum atomic E-state index is 12.9. The summed E-state index contributed by atoms with van der Waals surface area (Å²) in [5, 5.41) is 10.5. The first-order chi connectivity index (χ1) is 13.0. The topological polar surface area (TPSA) is 66.3 Å². The third-order valence-corrected chi connectivity index (χ3v) is 4.61. The Kier molecular flexibility index (Phi) is 6.04. The highest BCUT2D eigenvalue weighted by molar-refractivity contribution is 6.30. The lowest BCUT2D eigenvalue weighted by Gasteiger charge is -2.22. The van der Waals surface area contributed by atoms with E-state index >= 15 is 0 Å². The molecule has 1 aromatic heterocycles. The third-order valence-electron chi connectivity index (χ3n) is 4.37. The molecule has 6 heteroatoms. The van der Waals surface area contributed by atoms with Crippen molar-refractivity contribution in [3.05, 3.63) is 89.0 Å². The highest BCUT2D eigenvalue weighted by Crippen LogP contribution is 2.32. The molecule has 1 amide bonds. The van der Waals surface area contributed by atoms with Gasteiger partial charge in [0.2, 0.25) is 5.91 Å². The van der Waals surface area contributed by atoms with Gasteiger partial charge in [-0.25, -0.2) is 9.97 Å². The van der Waals surface area contributed by atoms with Crippen LogP contribution in [-0.4, -0.2) is 32.9 Å². The van der Waals surface area contributed by atoms with Crippen LogP contribution in [0.25, 0.3) is 0 Å². The Morgan fingerprint density at radius 2 is 1.89 bits per heavy atom. The molecule has 27 heavy (non-hydrogen) atoms. The maximum absolute atomic E-state index is 12.9. The molecular formula is C21H20ClN3O2. The molecule has 0 radical (unpaired) electrons. The summed E-state index contributed by atoms with van der Waals surface area (Å²) in [7, 11) is 1.75. The van der Waals surface area contributed by atoms with Gasteiger partial charge in [-0.2, -0.15) is 0 Å². The van der Waals surface area contributed by atoms with E-state index < -0.39 is 0 Å². The van der Waals surface area contributed by atoms with Crippen molar-refractivity contribution in [2.45, 2.75) is 18.9 Å². The Bertz CT molecular complexity index is 873. The maximum Gasteiger partial charge on any atom is 0.223 e. The van der Waals surface area contributed by atoms with Gasteiger partial charge in [-0.3, -0.25) is 4.79 Å². The average molecular weight is 382 g/mol. The van der Waals surface area contributed by atoms with Crippen molar-refractivity contribution in [2.75, 3.05) is 7.05 Å². The average Bonchev–Trinajstić information content (AvgIpc) is 2.66. The zero-order chi connectivity index (χ0) is 19.2. The van der Waals surface area contributed by atoms with E-state index in [4.69, 9.17) is 11.6 Å². The number of aromatic nitrogens is 2. The van der Waals surface area contributed by atoms with Gasteiger partial charge in [-0.1, -0.05) is 35.9 Å². The molecular weight excluding hydrogens is 362 g/mol. The highest BCUT2D eigenvalue weighted by atomic mass is 35.5. The summed E-state index contributed by atoms with van der Waals surface area (Å²) >= 11 is 6.16. The molecule has 0 aliphatic rings. The minimum Gasteiger partial charge on any atom is -0.508 e. The van der Waals surface area contributed by atoms with Crippen LogP contribution in [0.4, 0.5) is 0 Å². The summed E-state index contributed by atoms with van der Waals surface area (Å²) in [4.78, 5) is 22.6. The molecule has 0 saturated carbocycles. The number of nitrogens with zero attached hydrogens (tertiary/aromatic N) is 3. The summed E-state index contributed by atoms with van der Waals surface area (Å²) in [6.07, 6.45) is 3.38. The number of hydrogen-bond acceptors (Lipinski definition) is 4. The molecule has 0 spiro atoms. The molecule has 0 aliphatic heterocycles. The van der Waals surface area contributed by atoms with Gasteiger partial charge in [-0.05, 0) is 41.5 Å². The number of rotatable bonds is 6. The quantitative estimate of drug-likeness (QED) is 0.700. The molecule has 0 fully saturated rings.